The van der Waals surface area contributed by atoms with E-state index in [1.807, 2.05) is 6.92 Å². The Morgan fingerprint density at radius 1 is 1.32 bits per heavy atom. The van der Waals surface area contributed by atoms with E-state index >= 15 is 0 Å². The number of aryl methyl sites for hydroxylation is 1. The predicted molar refractivity (Wildman–Crippen MR) is 72.0 cm³/mol. The Bertz CT molecular complexity index is 489. The monoisotopic (exact) mass is 283 g/mol. The molecular weight excluding hydrogens is 268 g/mol. The number of halogens is 1. The number of anilines is 1. The normalized spacial score (nSPS) is 12.1. The molecule has 0 heterocycles. The van der Waals surface area contributed by atoms with Crippen LogP contribution in [0.25, 0.3) is 0 Å². The third-order valence-electron chi connectivity index (χ3n) is 2.64. The van der Waals surface area contributed by atoms with Crippen LogP contribution >= 0.6 is 11.6 Å². The van der Waals surface area contributed by atoms with Crippen LogP contribution < -0.4 is 15.7 Å². The zero-order valence-electron chi connectivity index (χ0n) is 11.0. The number of hydrogen-bond acceptors (Lipinski definition) is 3. The molecular formula is C13H16ClN2O3-. The highest BCUT2D eigenvalue weighted by Crippen LogP contribution is 2.19. The van der Waals surface area contributed by atoms with Gasteiger partial charge in [-0.25, -0.2) is 4.79 Å². The van der Waals surface area contributed by atoms with E-state index in [1.54, 1.807) is 32.0 Å². The molecule has 2 N–H and O–H groups in total. The predicted octanol–water partition coefficient (Wildman–Crippen LogP) is 1.54. The second-order valence-corrected chi connectivity index (χ2v) is 5.01. The van der Waals surface area contributed by atoms with Crippen LogP contribution in [0.1, 0.15) is 19.4 Å². The number of carbonyl (C=O) groups excluding carboxylic acids is 2. The highest BCUT2D eigenvalue weighted by atomic mass is 35.5. The molecule has 0 spiro atoms. The molecule has 5 nitrogen and oxygen atoms in total. The molecule has 2 amide bonds. The van der Waals surface area contributed by atoms with Crippen LogP contribution in [0, 0.1) is 12.8 Å². The first kappa shape index (κ1) is 15.3. The molecule has 0 fully saturated rings. The van der Waals surface area contributed by atoms with Crippen LogP contribution in [0.2, 0.25) is 5.02 Å². The van der Waals surface area contributed by atoms with Crippen LogP contribution in [0.5, 0.6) is 0 Å². The molecule has 0 saturated carbocycles. The molecule has 0 aromatic heterocycles. The van der Waals surface area contributed by atoms with Crippen molar-refractivity contribution in [3.63, 3.8) is 0 Å². The number of benzene rings is 1. The zero-order valence-corrected chi connectivity index (χ0v) is 11.7. The lowest BCUT2D eigenvalue weighted by atomic mass is 10.1. The van der Waals surface area contributed by atoms with Gasteiger partial charge in [0, 0.05) is 10.7 Å². The van der Waals surface area contributed by atoms with Gasteiger partial charge in [-0.2, -0.15) is 0 Å². The standard InChI is InChI=1S/C13H17ClN2O3/c1-7(2)11(12(17)18)16-13(19)15-9-5-4-8(3)10(14)6-9/h4-7,11H,1-3H3,(H,17,18)(H2,15,16,19)/p-1/t11-/m0/s1. The Morgan fingerprint density at radius 2 is 1.95 bits per heavy atom. The third kappa shape index (κ3) is 4.44. The van der Waals surface area contributed by atoms with E-state index in [4.69, 9.17) is 11.6 Å². The van der Waals surface area contributed by atoms with Gasteiger partial charge in [-0.15, -0.1) is 0 Å². The molecule has 0 bridgehead atoms. The number of urea groups is 1. The molecule has 1 atom stereocenters. The van der Waals surface area contributed by atoms with E-state index in [9.17, 15) is 14.7 Å². The van der Waals surface area contributed by atoms with Crippen molar-refractivity contribution in [2.45, 2.75) is 26.8 Å². The van der Waals surface area contributed by atoms with Crippen molar-refractivity contribution in [3.05, 3.63) is 28.8 Å². The van der Waals surface area contributed by atoms with Crippen LogP contribution in [0.3, 0.4) is 0 Å². The van der Waals surface area contributed by atoms with E-state index in [0.717, 1.165) is 5.56 Å². The maximum Gasteiger partial charge on any atom is 0.319 e. The van der Waals surface area contributed by atoms with E-state index in [-0.39, 0.29) is 5.92 Å². The lowest BCUT2D eigenvalue weighted by molar-refractivity contribution is -0.309. The molecule has 104 valence electrons. The van der Waals surface area contributed by atoms with E-state index < -0.39 is 18.0 Å². The summed E-state index contributed by atoms with van der Waals surface area (Å²) in [6.07, 6.45) is 0. The summed E-state index contributed by atoms with van der Waals surface area (Å²) in [6, 6.07) is 3.39. The maximum atomic E-state index is 11.7. The fraction of sp³-hybridized carbons (Fsp3) is 0.385. The number of carboxylic acids is 1. The topological polar surface area (TPSA) is 81.3 Å². The summed E-state index contributed by atoms with van der Waals surface area (Å²) in [5.74, 6) is -1.58. The molecule has 1 rings (SSSR count). The largest absolute Gasteiger partial charge is 0.548 e. The van der Waals surface area contributed by atoms with Gasteiger partial charge in [0.25, 0.3) is 0 Å². The summed E-state index contributed by atoms with van der Waals surface area (Å²) in [4.78, 5) is 22.5. The quantitative estimate of drug-likeness (QED) is 0.879. The van der Waals surface area contributed by atoms with Crippen molar-refractivity contribution in [3.8, 4) is 0 Å². The first-order chi connectivity index (χ1) is 8.81. The van der Waals surface area contributed by atoms with Crippen LogP contribution in [-0.4, -0.2) is 18.0 Å². The van der Waals surface area contributed by atoms with Gasteiger partial charge in [0.1, 0.15) is 0 Å². The Labute approximate surface area is 117 Å². The first-order valence-corrected chi connectivity index (χ1v) is 6.23. The zero-order chi connectivity index (χ0) is 14.6. The minimum absolute atomic E-state index is 0.266. The highest BCUT2D eigenvalue weighted by molar-refractivity contribution is 6.31. The van der Waals surface area contributed by atoms with Crippen molar-refractivity contribution in [2.75, 3.05) is 5.32 Å². The van der Waals surface area contributed by atoms with E-state index in [0.29, 0.717) is 10.7 Å². The summed E-state index contributed by atoms with van der Waals surface area (Å²) in [6.45, 7) is 5.21. The summed E-state index contributed by atoms with van der Waals surface area (Å²) >= 11 is 5.93. The van der Waals surface area contributed by atoms with Crippen molar-refractivity contribution in [1.82, 2.24) is 5.32 Å². The van der Waals surface area contributed by atoms with Gasteiger partial charge in [-0.1, -0.05) is 31.5 Å². The Kier molecular flexibility index (Phi) is 5.18. The summed E-state index contributed by atoms with van der Waals surface area (Å²) in [7, 11) is 0. The van der Waals surface area contributed by atoms with Gasteiger partial charge in [0.15, 0.2) is 0 Å². The average Bonchev–Trinajstić information content (AvgIpc) is 2.30. The van der Waals surface area contributed by atoms with Gasteiger partial charge in [0.05, 0.1) is 12.0 Å². The number of nitrogens with one attached hydrogen (secondary N) is 2. The summed E-state index contributed by atoms with van der Waals surface area (Å²) in [5, 5.41) is 16.2. The van der Waals surface area contributed by atoms with Crippen molar-refractivity contribution in [2.24, 2.45) is 5.92 Å². The highest BCUT2D eigenvalue weighted by Gasteiger charge is 2.17. The third-order valence-corrected chi connectivity index (χ3v) is 3.04. The Morgan fingerprint density at radius 3 is 2.42 bits per heavy atom. The van der Waals surface area contributed by atoms with Crippen molar-refractivity contribution in [1.29, 1.82) is 0 Å². The van der Waals surface area contributed by atoms with Gasteiger partial charge >= 0.3 is 6.03 Å². The molecule has 1 aromatic carbocycles. The second kappa shape index (κ2) is 6.43. The minimum atomic E-state index is -1.31. The van der Waals surface area contributed by atoms with Crippen LogP contribution in [0.4, 0.5) is 10.5 Å². The molecule has 1 aromatic rings. The van der Waals surface area contributed by atoms with Gasteiger partial charge in [-0.3, -0.25) is 0 Å². The lowest BCUT2D eigenvalue weighted by Crippen LogP contribution is -2.51. The summed E-state index contributed by atoms with van der Waals surface area (Å²) in [5.41, 5.74) is 1.39. The molecule has 19 heavy (non-hydrogen) atoms. The van der Waals surface area contributed by atoms with Gasteiger partial charge in [0.2, 0.25) is 0 Å². The van der Waals surface area contributed by atoms with Crippen LogP contribution in [-0.2, 0) is 4.79 Å². The van der Waals surface area contributed by atoms with Crippen LogP contribution in [0.15, 0.2) is 18.2 Å². The molecule has 0 unspecified atom stereocenters. The smallest absolute Gasteiger partial charge is 0.319 e. The molecule has 0 aliphatic carbocycles. The lowest BCUT2D eigenvalue weighted by Gasteiger charge is -2.23. The number of carboxylic acid groups (broad SMARTS) is 1. The Balaban J connectivity index is 2.69. The number of amides is 2. The fourth-order valence-corrected chi connectivity index (χ4v) is 1.66. The number of hydrogen-bond donors (Lipinski definition) is 2. The molecule has 0 aliphatic heterocycles. The Hall–Kier alpha value is -1.75. The molecule has 0 radical (unpaired) electrons. The molecule has 0 aliphatic rings. The number of aliphatic carboxylic acids is 1. The minimum Gasteiger partial charge on any atom is -0.548 e. The molecule has 0 saturated heterocycles. The van der Waals surface area contributed by atoms with Crippen molar-refractivity contribution >= 4 is 29.3 Å². The SMILES string of the molecule is Cc1ccc(NC(=O)N[C@H](C(=O)[O-])C(C)C)cc1Cl. The first-order valence-electron chi connectivity index (χ1n) is 5.85. The van der Waals surface area contributed by atoms with Gasteiger partial charge < -0.3 is 20.5 Å². The van der Waals surface area contributed by atoms with E-state index in [1.165, 1.54) is 0 Å². The molecule has 6 heteroatoms. The average molecular weight is 284 g/mol. The number of rotatable bonds is 4. The van der Waals surface area contributed by atoms with Crippen molar-refractivity contribution < 1.29 is 14.7 Å². The number of carbonyl (C=O) groups is 2. The van der Waals surface area contributed by atoms with E-state index in [2.05, 4.69) is 10.6 Å². The summed E-state index contributed by atoms with van der Waals surface area (Å²) < 4.78 is 0. The second-order valence-electron chi connectivity index (χ2n) is 4.60. The van der Waals surface area contributed by atoms with Gasteiger partial charge in [-0.05, 0) is 30.5 Å². The maximum absolute atomic E-state index is 11.7. The fourth-order valence-electron chi connectivity index (χ4n) is 1.48.